The minimum atomic E-state index is 0.259. The van der Waals surface area contributed by atoms with Crippen LogP contribution >= 0.6 is 0 Å². The summed E-state index contributed by atoms with van der Waals surface area (Å²) in [5.41, 5.74) is 0. The molecule has 1 rings (SSSR count). The van der Waals surface area contributed by atoms with E-state index in [0.29, 0.717) is 24.1 Å². The van der Waals surface area contributed by atoms with E-state index in [1.807, 2.05) is 0 Å². The second-order valence-electron chi connectivity index (χ2n) is 4.14. The smallest absolute Gasteiger partial charge is 0.0601 e. The quantitative estimate of drug-likeness (QED) is 0.668. The molecule has 3 heteroatoms. The van der Waals surface area contributed by atoms with Crippen LogP contribution in [0.1, 0.15) is 26.7 Å². The largest absolute Gasteiger partial charge is 0.396 e. The molecule has 2 atom stereocenters. The van der Waals surface area contributed by atoms with Crippen LogP contribution in [0.2, 0.25) is 0 Å². The van der Waals surface area contributed by atoms with E-state index < -0.39 is 0 Å². The number of rotatable bonds is 5. The maximum absolute atomic E-state index is 8.94. The van der Waals surface area contributed by atoms with Crippen molar-refractivity contribution >= 4 is 0 Å². The number of nitrogens with one attached hydrogen (secondary N) is 1. The first-order valence-corrected chi connectivity index (χ1v) is 5.07. The molecule has 0 heterocycles. The fourth-order valence-corrected chi connectivity index (χ4v) is 1.59. The van der Waals surface area contributed by atoms with Crippen molar-refractivity contribution < 1.29 is 9.84 Å². The summed E-state index contributed by atoms with van der Waals surface area (Å²) in [6.07, 6.45) is 2.67. The lowest BCUT2D eigenvalue weighted by atomic mass is 9.88. The molecule has 3 nitrogen and oxygen atoms in total. The Bertz CT molecular complexity index is 146. The van der Waals surface area contributed by atoms with Gasteiger partial charge in [0, 0.05) is 25.8 Å². The Kier molecular flexibility index (Phi) is 4.16. The molecule has 2 N–H and O–H groups in total. The molecule has 0 saturated heterocycles. The summed E-state index contributed by atoms with van der Waals surface area (Å²) in [4.78, 5) is 0. The van der Waals surface area contributed by atoms with Crippen LogP contribution in [0.15, 0.2) is 0 Å². The van der Waals surface area contributed by atoms with Gasteiger partial charge in [-0.15, -0.1) is 0 Å². The Morgan fingerprint density at radius 1 is 1.46 bits per heavy atom. The number of ether oxygens (including phenoxy) is 1. The lowest BCUT2D eigenvalue weighted by Gasteiger charge is -2.37. The van der Waals surface area contributed by atoms with E-state index in [4.69, 9.17) is 9.84 Å². The molecule has 0 radical (unpaired) electrons. The van der Waals surface area contributed by atoms with E-state index in [-0.39, 0.29) is 6.61 Å². The molecule has 0 bridgehead atoms. The van der Waals surface area contributed by atoms with Crippen molar-refractivity contribution in [2.75, 3.05) is 13.7 Å². The molecule has 0 aromatic carbocycles. The number of aliphatic hydroxyl groups excluding tert-OH is 1. The topological polar surface area (TPSA) is 41.5 Å². The predicted molar refractivity (Wildman–Crippen MR) is 52.7 cm³/mol. The van der Waals surface area contributed by atoms with Crippen LogP contribution in [-0.2, 0) is 4.74 Å². The highest BCUT2D eigenvalue weighted by Crippen LogP contribution is 2.23. The highest BCUT2D eigenvalue weighted by atomic mass is 16.5. The summed E-state index contributed by atoms with van der Waals surface area (Å²) in [7, 11) is 1.76. The minimum Gasteiger partial charge on any atom is -0.396 e. The van der Waals surface area contributed by atoms with Gasteiger partial charge < -0.3 is 15.2 Å². The Labute approximate surface area is 80.5 Å². The van der Waals surface area contributed by atoms with Crippen molar-refractivity contribution in [3.05, 3.63) is 0 Å². The van der Waals surface area contributed by atoms with Crippen LogP contribution in [0.25, 0.3) is 0 Å². The van der Waals surface area contributed by atoms with Crippen molar-refractivity contribution in [2.24, 2.45) is 5.92 Å². The van der Waals surface area contributed by atoms with E-state index in [9.17, 15) is 0 Å². The standard InChI is InChI=1S/C10H21NO2/c1-7(6-12)8(2)11-9-4-10(5-9)13-3/h7-12H,4-6H2,1-3H3. The van der Waals surface area contributed by atoms with E-state index in [0.717, 1.165) is 12.8 Å². The maximum atomic E-state index is 8.94. The molecule has 1 saturated carbocycles. The molecular weight excluding hydrogens is 166 g/mol. The lowest BCUT2D eigenvalue weighted by Crippen LogP contribution is -2.50. The Balaban J connectivity index is 2.12. The van der Waals surface area contributed by atoms with E-state index >= 15 is 0 Å². The average Bonchev–Trinajstić information content (AvgIpc) is 2.08. The predicted octanol–water partition coefficient (Wildman–Crippen LogP) is 0.770. The Hall–Kier alpha value is -0.120. The average molecular weight is 187 g/mol. The fourth-order valence-electron chi connectivity index (χ4n) is 1.59. The van der Waals surface area contributed by atoms with Gasteiger partial charge in [0.2, 0.25) is 0 Å². The summed E-state index contributed by atoms with van der Waals surface area (Å²) in [6, 6.07) is 0.988. The molecule has 0 aromatic rings. The fraction of sp³-hybridized carbons (Fsp3) is 1.00. The van der Waals surface area contributed by atoms with Gasteiger partial charge in [-0.25, -0.2) is 0 Å². The van der Waals surface area contributed by atoms with Gasteiger partial charge >= 0.3 is 0 Å². The molecule has 0 aromatic heterocycles. The van der Waals surface area contributed by atoms with Crippen molar-refractivity contribution in [3.8, 4) is 0 Å². The third-order valence-electron chi connectivity index (χ3n) is 3.07. The van der Waals surface area contributed by atoms with Crippen LogP contribution in [0.3, 0.4) is 0 Å². The second-order valence-corrected chi connectivity index (χ2v) is 4.14. The Morgan fingerprint density at radius 2 is 2.08 bits per heavy atom. The van der Waals surface area contributed by atoms with Crippen LogP contribution in [0.5, 0.6) is 0 Å². The molecule has 0 aliphatic heterocycles. The van der Waals surface area contributed by atoms with Gasteiger partial charge in [-0.2, -0.15) is 0 Å². The van der Waals surface area contributed by atoms with Gasteiger partial charge in [0.25, 0.3) is 0 Å². The molecule has 0 amide bonds. The van der Waals surface area contributed by atoms with Gasteiger partial charge in [-0.05, 0) is 25.7 Å². The summed E-state index contributed by atoms with van der Waals surface area (Å²) in [5.74, 6) is 0.335. The molecule has 1 aliphatic rings. The molecular formula is C10H21NO2. The van der Waals surface area contributed by atoms with Crippen molar-refractivity contribution in [2.45, 2.75) is 44.9 Å². The third-order valence-corrected chi connectivity index (χ3v) is 3.07. The second kappa shape index (κ2) is 4.94. The SMILES string of the molecule is COC1CC(NC(C)C(C)CO)C1. The number of methoxy groups -OCH3 is 1. The van der Waals surface area contributed by atoms with Crippen molar-refractivity contribution in [3.63, 3.8) is 0 Å². The highest BCUT2D eigenvalue weighted by Gasteiger charge is 2.30. The summed E-state index contributed by atoms with van der Waals surface area (Å²) in [6.45, 7) is 4.44. The van der Waals surface area contributed by atoms with Gasteiger partial charge in [0.05, 0.1) is 6.10 Å². The van der Waals surface area contributed by atoms with Crippen LogP contribution in [0, 0.1) is 5.92 Å². The first-order valence-electron chi connectivity index (χ1n) is 5.07. The minimum absolute atomic E-state index is 0.259. The number of aliphatic hydroxyl groups is 1. The maximum Gasteiger partial charge on any atom is 0.0601 e. The summed E-state index contributed by atoms with van der Waals surface area (Å²) < 4.78 is 5.20. The summed E-state index contributed by atoms with van der Waals surface area (Å²) >= 11 is 0. The molecule has 1 fully saturated rings. The monoisotopic (exact) mass is 187 g/mol. The zero-order valence-electron chi connectivity index (χ0n) is 8.79. The zero-order chi connectivity index (χ0) is 9.84. The van der Waals surface area contributed by atoms with E-state index in [1.54, 1.807) is 7.11 Å². The van der Waals surface area contributed by atoms with Gasteiger partial charge in [0.1, 0.15) is 0 Å². The number of hydrogen-bond acceptors (Lipinski definition) is 3. The first kappa shape index (κ1) is 11.0. The number of hydrogen-bond donors (Lipinski definition) is 2. The van der Waals surface area contributed by atoms with Crippen molar-refractivity contribution in [1.29, 1.82) is 0 Å². The highest BCUT2D eigenvalue weighted by molar-refractivity contribution is 4.88. The molecule has 78 valence electrons. The van der Waals surface area contributed by atoms with E-state index in [2.05, 4.69) is 19.2 Å². The molecule has 0 spiro atoms. The first-order chi connectivity index (χ1) is 6.17. The molecule has 2 unspecified atom stereocenters. The summed E-state index contributed by atoms with van der Waals surface area (Å²) in [5, 5.41) is 12.4. The Morgan fingerprint density at radius 3 is 2.54 bits per heavy atom. The van der Waals surface area contributed by atoms with Crippen LogP contribution in [-0.4, -0.2) is 37.0 Å². The van der Waals surface area contributed by atoms with Crippen molar-refractivity contribution in [1.82, 2.24) is 5.32 Å². The van der Waals surface area contributed by atoms with Crippen LogP contribution in [0.4, 0.5) is 0 Å². The van der Waals surface area contributed by atoms with Crippen LogP contribution < -0.4 is 5.32 Å². The van der Waals surface area contributed by atoms with E-state index in [1.165, 1.54) is 0 Å². The van der Waals surface area contributed by atoms with Gasteiger partial charge in [0.15, 0.2) is 0 Å². The normalized spacial score (nSPS) is 32.3. The third kappa shape index (κ3) is 2.93. The van der Waals surface area contributed by atoms with Gasteiger partial charge in [-0.3, -0.25) is 0 Å². The molecule has 1 aliphatic carbocycles. The zero-order valence-corrected chi connectivity index (χ0v) is 8.79. The molecule has 13 heavy (non-hydrogen) atoms. The lowest BCUT2D eigenvalue weighted by molar-refractivity contribution is 0.0118. The van der Waals surface area contributed by atoms with Gasteiger partial charge in [-0.1, -0.05) is 6.92 Å².